The third kappa shape index (κ3) is 5.62. The van der Waals surface area contributed by atoms with E-state index in [2.05, 4.69) is 35.7 Å². The summed E-state index contributed by atoms with van der Waals surface area (Å²) in [6.07, 6.45) is 0.989. The number of methoxy groups -OCH3 is 2. The Hall–Kier alpha value is -3.48. The first-order valence-electron chi connectivity index (χ1n) is 13.7. The highest BCUT2D eigenvalue weighted by atomic mass is 79.9. The first-order valence-corrected chi connectivity index (χ1v) is 14.5. The number of β-amino-alcohol motifs (C(OH)–C–C–N with tert-alkyl or cyclic N) is 2. The van der Waals surface area contributed by atoms with Crippen LogP contribution in [-0.2, 0) is 13.1 Å². The molecule has 2 N–H and O–H groups in total. The van der Waals surface area contributed by atoms with Crippen molar-refractivity contribution in [1.29, 1.82) is 0 Å². The lowest BCUT2D eigenvalue weighted by atomic mass is 10.00. The Morgan fingerprint density at radius 3 is 1.90 bits per heavy atom. The molecule has 6 rings (SSSR count). The van der Waals surface area contributed by atoms with Crippen LogP contribution in [0.5, 0.6) is 11.8 Å². The fraction of sp³-hybridized carbons (Fsp3) is 0.323. The van der Waals surface area contributed by atoms with Gasteiger partial charge in [0, 0.05) is 72.2 Å². The zero-order chi connectivity index (χ0) is 29.4. The number of aliphatic hydroxyl groups excluding tert-OH is 2. The molecule has 2 aliphatic rings. The number of hydrogen-bond acceptors (Lipinski definition) is 9. The normalized spacial score (nSPS) is 16.2. The van der Waals surface area contributed by atoms with Crippen LogP contribution >= 0.6 is 15.9 Å². The molecule has 0 saturated carbocycles. The first kappa shape index (κ1) is 28.6. The highest BCUT2D eigenvalue weighted by Crippen LogP contribution is 2.39. The maximum absolute atomic E-state index is 16.1. The van der Waals surface area contributed by atoms with E-state index in [4.69, 9.17) is 14.5 Å². The number of likely N-dealkylation sites (tertiary alicyclic amines) is 2. The molecular formula is C31H31BrFN5O4. The van der Waals surface area contributed by atoms with Gasteiger partial charge in [-0.05, 0) is 39.7 Å². The summed E-state index contributed by atoms with van der Waals surface area (Å²) in [5.74, 6) is 0.413. The van der Waals surface area contributed by atoms with E-state index in [9.17, 15) is 10.2 Å². The molecule has 0 radical (unpaired) electrons. The molecule has 5 heterocycles. The molecule has 0 bridgehead atoms. The Bertz CT molecular complexity index is 1490. The van der Waals surface area contributed by atoms with Gasteiger partial charge in [-0.2, -0.15) is 0 Å². The monoisotopic (exact) mass is 635 g/mol. The van der Waals surface area contributed by atoms with E-state index < -0.39 is 5.82 Å². The van der Waals surface area contributed by atoms with Crippen molar-refractivity contribution in [1.82, 2.24) is 24.8 Å². The average molecular weight is 637 g/mol. The van der Waals surface area contributed by atoms with E-state index in [0.29, 0.717) is 78.0 Å². The summed E-state index contributed by atoms with van der Waals surface area (Å²) in [5, 5.41) is 19.2. The first-order chi connectivity index (χ1) is 20.3. The van der Waals surface area contributed by atoms with Crippen molar-refractivity contribution in [2.75, 3.05) is 40.4 Å². The highest BCUT2D eigenvalue weighted by Gasteiger charge is 2.27. The van der Waals surface area contributed by atoms with E-state index >= 15 is 4.39 Å². The number of benzene rings is 1. The largest absolute Gasteiger partial charge is 0.481 e. The number of nitrogens with zero attached hydrogens (tertiary/aromatic N) is 5. The molecule has 0 unspecified atom stereocenters. The van der Waals surface area contributed by atoms with Crippen molar-refractivity contribution < 1.29 is 24.1 Å². The molecule has 1 aromatic carbocycles. The Balaban J connectivity index is 1.30. The lowest BCUT2D eigenvalue weighted by Gasteiger charge is -2.35. The van der Waals surface area contributed by atoms with Crippen LogP contribution < -0.4 is 9.47 Å². The van der Waals surface area contributed by atoms with Crippen molar-refractivity contribution in [2.24, 2.45) is 0 Å². The Morgan fingerprint density at radius 2 is 1.33 bits per heavy atom. The van der Waals surface area contributed by atoms with Crippen LogP contribution in [0.25, 0.3) is 33.8 Å². The van der Waals surface area contributed by atoms with Gasteiger partial charge in [-0.1, -0.05) is 30.3 Å². The number of aromatic nitrogens is 3. The van der Waals surface area contributed by atoms with E-state index in [1.54, 1.807) is 25.4 Å². The standard InChI is InChI=1S/C31H31BrFN5O4/c1-41-30-18(12-37-14-20(39)15-37)6-8-25(35-30)24-5-3-4-22(27(24)32)23-10-11-34-29(28(23)33)26-9-7-19(31(36-26)42-2)13-38-16-21(40)17-38/h3-11,20-21,39-40H,12-17H2,1-2H3. The topological polar surface area (TPSA) is 104 Å². The molecule has 4 aromatic rings. The minimum atomic E-state index is -0.499. The molecule has 11 heteroatoms. The molecular weight excluding hydrogens is 605 g/mol. The molecule has 0 amide bonds. The Labute approximate surface area is 251 Å². The summed E-state index contributed by atoms with van der Waals surface area (Å²) >= 11 is 3.71. The molecule has 0 spiro atoms. The number of hydrogen-bond donors (Lipinski definition) is 2. The van der Waals surface area contributed by atoms with Crippen molar-refractivity contribution in [3.05, 3.63) is 76.1 Å². The molecule has 42 heavy (non-hydrogen) atoms. The van der Waals surface area contributed by atoms with Crippen LogP contribution in [0.2, 0.25) is 0 Å². The van der Waals surface area contributed by atoms with Crippen LogP contribution in [0.1, 0.15) is 11.1 Å². The average Bonchev–Trinajstić information content (AvgIpc) is 2.96. The molecule has 0 aliphatic carbocycles. The minimum absolute atomic E-state index is 0.120. The maximum atomic E-state index is 16.1. The van der Waals surface area contributed by atoms with E-state index in [1.807, 2.05) is 36.4 Å². The van der Waals surface area contributed by atoms with E-state index in [-0.39, 0.29) is 17.9 Å². The third-order valence-corrected chi connectivity index (χ3v) is 8.48. The molecule has 2 fully saturated rings. The van der Waals surface area contributed by atoms with Gasteiger partial charge in [-0.25, -0.2) is 14.4 Å². The van der Waals surface area contributed by atoms with Gasteiger partial charge >= 0.3 is 0 Å². The summed E-state index contributed by atoms with van der Waals surface area (Å²) in [4.78, 5) is 17.9. The molecule has 2 saturated heterocycles. The summed E-state index contributed by atoms with van der Waals surface area (Å²) in [6, 6.07) is 14.8. The van der Waals surface area contributed by atoms with E-state index in [0.717, 1.165) is 16.7 Å². The van der Waals surface area contributed by atoms with Crippen molar-refractivity contribution in [3.8, 4) is 45.5 Å². The fourth-order valence-electron chi connectivity index (χ4n) is 5.41. The number of rotatable bonds is 9. The predicted molar refractivity (Wildman–Crippen MR) is 159 cm³/mol. The third-order valence-electron chi connectivity index (χ3n) is 7.63. The minimum Gasteiger partial charge on any atom is -0.481 e. The van der Waals surface area contributed by atoms with Crippen LogP contribution in [0.15, 0.2) is 59.2 Å². The molecule has 3 aromatic heterocycles. The summed E-state index contributed by atoms with van der Waals surface area (Å²) in [5.41, 5.74) is 4.75. The van der Waals surface area contributed by atoms with Crippen LogP contribution in [-0.4, -0.2) is 87.6 Å². The van der Waals surface area contributed by atoms with Crippen molar-refractivity contribution in [2.45, 2.75) is 25.3 Å². The van der Waals surface area contributed by atoms with Gasteiger partial charge in [-0.15, -0.1) is 0 Å². The van der Waals surface area contributed by atoms with Crippen LogP contribution in [0.3, 0.4) is 0 Å². The molecule has 0 atom stereocenters. The highest BCUT2D eigenvalue weighted by molar-refractivity contribution is 9.10. The van der Waals surface area contributed by atoms with Crippen molar-refractivity contribution in [3.63, 3.8) is 0 Å². The summed E-state index contributed by atoms with van der Waals surface area (Å²) in [7, 11) is 3.12. The van der Waals surface area contributed by atoms with Gasteiger partial charge in [0.25, 0.3) is 0 Å². The lowest BCUT2D eigenvalue weighted by Crippen LogP contribution is -2.49. The molecule has 218 valence electrons. The number of ether oxygens (including phenoxy) is 2. The summed E-state index contributed by atoms with van der Waals surface area (Å²) < 4.78 is 27.9. The predicted octanol–water partition coefficient (Wildman–Crippen LogP) is 4.14. The van der Waals surface area contributed by atoms with Crippen LogP contribution in [0, 0.1) is 5.82 Å². The van der Waals surface area contributed by atoms with E-state index in [1.165, 1.54) is 7.11 Å². The SMILES string of the molecule is COc1nc(-c2cccc(-c3ccnc(-c4ccc(CN5CC(O)C5)c(OC)n4)c3F)c2Br)ccc1CN1CC(O)C1. The van der Waals surface area contributed by atoms with Gasteiger partial charge in [0.2, 0.25) is 11.8 Å². The Morgan fingerprint density at radius 1 is 0.786 bits per heavy atom. The number of pyridine rings is 3. The number of halogens is 2. The second kappa shape index (κ2) is 12.0. The maximum Gasteiger partial charge on any atom is 0.218 e. The quantitative estimate of drug-likeness (QED) is 0.281. The van der Waals surface area contributed by atoms with Gasteiger partial charge in [0.05, 0.1) is 37.8 Å². The fourth-order valence-corrected chi connectivity index (χ4v) is 6.09. The molecule has 2 aliphatic heterocycles. The van der Waals surface area contributed by atoms with Crippen molar-refractivity contribution >= 4 is 15.9 Å². The van der Waals surface area contributed by atoms with Crippen LogP contribution in [0.4, 0.5) is 4.39 Å². The van der Waals surface area contributed by atoms with Gasteiger partial charge < -0.3 is 19.7 Å². The zero-order valence-electron chi connectivity index (χ0n) is 23.3. The Kier molecular flexibility index (Phi) is 8.19. The number of aliphatic hydroxyl groups is 2. The lowest BCUT2D eigenvalue weighted by molar-refractivity contribution is -0.00349. The van der Waals surface area contributed by atoms with Gasteiger partial charge in [-0.3, -0.25) is 14.8 Å². The van der Waals surface area contributed by atoms with Gasteiger partial charge in [0.15, 0.2) is 5.82 Å². The zero-order valence-corrected chi connectivity index (χ0v) is 24.9. The second-order valence-corrected chi connectivity index (χ2v) is 11.4. The smallest absolute Gasteiger partial charge is 0.218 e. The second-order valence-electron chi connectivity index (χ2n) is 10.6. The van der Waals surface area contributed by atoms with Gasteiger partial charge in [0.1, 0.15) is 5.69 Å². The summed E-state index contributed by atoms with van der Waals surface area (Å²) in [6.45, 7) is 3.70. The molecule has 9 nitrogen and oxygen atoms in total.